The first-order valence-corrected chi connectivity index (χ1v) is 8.02. The van der Waals surface area contributed by atoms with Crippen molar-refractivity contribution in [2.75, 3.05) is 46.8 Å². The second-order valence-electron chi connectivity index (χ2n) is 6.65. The molecule has 1 fully saturated rings. The molecule has 0 aliphatic carbocycles. The quantitative estimate of drug-likeness (QED) is 0.701. The Morgan fingerprint density at radius 1 is 1.50 bits per heavy atom. The Bertz CT molecular complexity index is 312. The third-order valence-corrected chi connectivity index (χ3v) is 4.29. The zero-order chi connectivity index (χ0) is 15.0. The van der Waals surface area contributed by atoms with E-state index in [1.165, 1.54) is 26.1 Å². The van der Waals surface area contributed by atoms with Crippen molar-refractivity contribution in [3.63, 3.8) is 0 Å². The summed E-state index contributed by atoms with van der Waals surface area (Å²) in [5.74, 6) is 0.825. The molecule has 1 rings (SSSR count). The van der Waals surface area contributed by atoms with Crippen LogP contribution in [0.5, 0.6) is 0 Å². The number of likely N-dealkylation sites (tertiary alicyclic amines) is 1. The van der Waals surface area contributed by atoms with Crippen molar-refractivity contribution in [2.24, 2.45) is 5.92 Å². The van der Waals surface area contributed by atoms with E-state index in [1.807, 2.05) is 6.92 Å². The van der Waals surface area contributed by atoms with E-state index in [0.717, 1.165) is 38.3 Å². The number of nitrogens with one attached hydrogen (secondary N) is 1. The van der Waals surface area contributed by atoms with Crippen LogP contribution < -0.4 is 5.32 Å². The van der Waals surface area contributed by atoms with Crippen LogP contribution in [0.25, 0.3) is 0 Å². The number of nitrogens with zero attached hydrogens (tertiary/aromatic N) is 3. The fourth-order valence-corrected chi connectivity index (χ4v) is 2.99. The predicted molar refractivity (Wildman–Crippen MR) is 84.6 cm³/mol. The Labute approximate surface area is 125 Å². The van der Waals surface area contributed by atoms with Gasteiger partial charge < -0.3 is 9.80 Å². The first-order valence-electron chi connectivity index (χ1n) is 8.02. The summed E-state index contributed by atoms with van der Waals surface area (Å²) in [5, 5.41) is 12.7. The number of nitriles is 1. The van der Waals surface area contributed by atoms with Gasteiger partial charge in [-0.3, -0.25) is 5.32 Å². The van der Waals surface area contributed by atoms with Crippen LogP contribution in [0.15, 0.2) is 0 Å². The maximum atomic E-state index is 9.30. The van der Waals surface area contributed by atoms with Crippen LogP contribution in [0.2, 0.25) is 0 Å². The minimum absolute atomic E-state index is 0.357. The van der Waals surface area contributed by atoms with Crippen molar-refractivity contribution < 1.29 is 0 Å². The fraction of sp³-hybridized carbons (Fsp3) is 0.938. The van der Waals surface area contributed by atoms with Gasteiger partial charge in [-0.1, -0.05) is 6.92 Å². The van der Waals surface area contributed by atoms with E-state index in [2.05, 4.69) is 42.2 Å². The average molecular weight is 280 g/mol. The van der Waals surface area contributed by atoms with Gasteiger partial charge in [0.2, 0.25) is 0 Å². The van der Waals surface area contributed by atoms with Crippen LogP contribution in [-0.4, -0.2) is 62.2 Å². The molecular formula is C16H32N4. The van der Waals surface area contributed by atoms with Crippen LogP contribution in [0, 0.1) is 17.2 Å². The molecule has 0 radical (unpaired) electrons. The minimum atomic E-state index is -0.357. The highest BCUT2D eigenvalue weighted by atomic mass is 15.1. The number of hydrogen-bond acceptors (Lipinski definition) is 4. The van der Waals surface area contributed by atoms with E-state index in [1.54, 1.807) is 0 Å². The Morgan fingerprint density at radius 3 is 2.80 bits per heavy atom. The van der Waals surface area contributed by atoms with Gasteiger partial charge in [-0.25, -0.2) is 0 Å². The second-order valence-corrected chi connectivity index (χ2v) is 6.65. The molecule has 2 unspecified atom stereocenters. The summed E-state index contributed by atoms with van der Waals surface area (Å²) in [4.78, 5) is 4.85. The highest BCUT2D eigenvalue weighted by Crippen LogP contribution is 2.16. The molecule has 116 valence electrons. The molecule has 20 heavy (non-hydrogen) atoms. The Morgan fingerprint density at radius 2 is 2.25 bits per heavy atom. The summed E-state index contributed by atoms with van der Waals surface area (Å²) in [7, 11) is 4.42. The van der Waals surface area contributed by atoms with Gasteiger partial charge in [-0.15, -0.1) is 0 Å². The summed E-state index contributed by atoms with van der Waals surface area (Å²) in [6.07, 6.45) is 4.42. The summed E-state index contributed by atoms with van der Waals surface area (Å²) in [6.45, 7) is 9.84. The average Bonchev–Trinajstić information content (AvgIpc) is 2.81. The lowest BCUT2D eigenvalue weighted by Crippen LogP contribution is -2.42. The Balaban J connectivity index is 2.20. The molecule has 1 saturated heterocycles. The second kappa shape index (κ2) is 8.61. The van der Waals surface area contributed by atoms with E-state index >= 15 is 0 Å². The third-order valence-electron chi connectivity index (χ3n) is 4.29. The van der Waals surface area contributed by atoms with Crippen LogP contribution in [-0.2, 0) is 0 Å². The van der Waals surface area contributed by atoms with Gasteiger partial charge in [0.05, 0.1) is 6.07 Å². The van der Waals surface area contributed by atoms with Crippen molar-refractivity contribution in [1.82, 2.24) is 15.1 Å². The highest BCUT2D eigenvalue weighted by Gasteiger charge is 2.23. The van der Waals surface area contributed by atoms with Crippen molar-refractivity contribution in [3.05, 3.63) is 0 Å². The zero-order valence-corrected chi connectivity index (χ0v) is 13.8. The predicted octanol–water partition coefficient (Wildman–Crippen LogP) is 1.93. The zero-order valence-electron chi connectivity index (χ0n) is 13.8. The molecule has 1 aliphatic heterocycles. The van der Waals surface area contributed by atoms with Gasteiger partial charge in [0, 0.05) is 13.1 Å². The summed E-state index contributed by atoms with van der Waals surface area (Å²) in [6, 6.07) is 2.43. The van der Waals surface area contributed by atoms with Crippen molar-refractivity contribution in [2.45, 2.75) is 45.1 Å². The van der Waals surface area contributed by atoms with E-state index in [0.29, 0.717) is 0 Å². The molecule has 1 heterocycles. The van der Waals surface area contributed by atoms with Gasteiger partial charge in [-0.05, 0) is 72.3 Å². The number of hydrogen-bond donors (Lipinski definition) is 1. The lowest BCUT2D eigenvalue weighted by atomic mass is 9.97. The fourth-order valence-electron chi connectivity index (χ4n) is 2.99. The topological polar surface area (TPSA) is 42.3 Å². The SMILES string of the molecule is CCCNC(C)(C#N)CCCN(C)CC1CCN(C)C1. The lowest BCUT2D eigenvalue weighted by molar-refractivity contribution is 0.260. The largest absolute Gasteiger partial charge is 0.306 e. The molecule has 1 aliphatic rings. The van der Waals surface area contributed by atoms with Crippen molar-refractivity contribution in [3.8, 4) is 6.07 Å². The van der Waals surface area contributed by atoms with E-state index in [4.69, 9.17) is 0 Å². The molecular weight excluding hydrogens is 248 g/mol. The summed E-state index contributed by atoms with van der Waals surface area (Å²) < 4.78 is 0. The monoisotopic (exact) mass is 280 g/mol. The standard InChI is InChI=1S/C16H32N4/c1-5-9-18-16(2,14-17)8-6-10-19(3)12-15-7-11-20(4)13-15/h15,18H,5-13H2,1-4H3. The molecule has 0 spiro atoms. The summed E-state index contributed by atoms with van der Waals surface area (Å²) in [5.41, 5.74) is -0.357. The molecule has 4 heteroatoms. The first-order chi connectivity index (χ1) is 9.49. The van der Waals surface area contributed by atoms with E-state index in [9.17, 15) is 5.26 Å². The number of rotatable bonds is 9. The van der Waals surface area contributed by atoms with E-state index in [-0.39, 0.29) is 5.54 Å². The molecule has 1 N–H and O–H groups in total. The molecule has 0 bridgehead atoms. The maximum absolute atomic E-state index is 9.30. The highest BCUT2D eigenvalue weighted by molar-refractivity contribution is 5.03. The normalized spacial score (nSPS) is 22.9. The maximum Gasteiger partial charge on any atom is 0.103 e. The molecule has 0 aromatic rings. The molecule has 0 amide bonds. The van der Waals surface area contributed by atoms with Gasteiger partial charge in [0.25, 0.3) is 0 Å². The van der Waals surface area contributed by atoms with Crippen LogP contribution in [0.1, 0.15) is 39.5 Å². The van der Waals surface area contributed by atoms with Gasteiger partial charge in [0.15, 0.2) is 0 Å². The smallest absolute Gasteiger partial charge is 0.103 e. The van der Waals surface area contributed by atoms with E-state index < -0.39 is 0 Å². The Kier molecular flexibility index (Phi) is 7.50. The molecule has 2 atom stereocenters. The molecule has 0 aromatic heterocycles. The summed E-state index contributed by atoms with van der Waals surface area (Å²) >= 11 is 0. The molecule has 0 saturated carbocycles. The van der Waals surface area contributed by atoms with Gasteiger partial charge in [-0.2, -0.15) is 5.26 Å². The van der Waals surface area contributed by atoms with Crippen molar-refractivity contribution in [1.29, 1.82) is 5.26 Å². The Hall–Kier alpha value is -0.630. The van der Waals surface area contributed by atoms with Crippen LogP contribution in [0.4, 0.5) is 0 Å². The van der Waals surface area contributed by atoms with Crippen molar-refractivity contribution >= 4 is 0 Å². The van der Waals surface area contributed by atoms with Gasteiger partial charge >= 0.3 is 0 Å². The lowest BCUT2D eigenvalue weighted by Gasteiger charge is -2.25. The molecule has 0 aromatic carbocycles. The molecule has 4 nitrogen and oxygen atoms in total. The first kappa shape index (κ1) is 17.4. The third kappa shape index (κ3) is 6.21. The van der Waals surface area contributed by atoms with Crippen LogP contribution in [0.3, 0.4) is 0 Å². The minimum Gasteiger partial charge on any atom is -0.306 e. The van der Waals surface area contributed by atoms with Crippen LogP contribution >= 0.6 is 0 Å². The van der Waals surface area contributed by atoms with Gasteiger partial charge in [0.1, 0.15) is 5.54 Å².